The molecular formula is C55H43NO. The second-order valence-electron chi connectivity index (χ2n) is 15.6. The smallest absolute Gasteiger partial charge is 0.135 e. The molecule has 57 heavy (non-hydrogen) atoms. The van der Waals surface area contributed by atoms with Gasteiger partial charge in [-0.3, -0.25) is 0 Å². The molecule has 0 aliphatic heterocycles. The number of nitrogens with zero attached hydrogens (tertiary/aromatic N) is 1. The van der Waals surface area contributed by atoms with E-state index >= 15 is 0 Å². The van der Waals surface area contributed by atoms with Crippen LogP contribution >= 0.6 is 0 Å². The number of para-hydroxylation sites is 1. The predicted molar refractivity (Wildman–Crippen MR) is 241 cm³/mol. The molecule has 0 N–H and O–H groups in total. The van der Waals surface area contributed by atoms with Gasteiger partial charge in [0, 0.05) is 27.8 Å². The summed E-state index contributed by atoms with van der Waals surface area (Å²) in [5.74, 6) is 0.466. The minimum absolute atomic E-state index is 0.140. The van der Waals surface area contributed by atoms with Gasteiger partial charge >= 0.3 is 0 Å². The Labute approximate surface area is 335 Å². The van der Waals surface area contributed by atoms with Gasteiger partial charge < -0.3 is 9.32 Å². The van der Waals surface area contributed by atoms with E-state index in [-0.39, 0.29) is 5.41 Å². The maximum Gasteiger partial charge on any atom is 0.135 e. The highest BCUT2D eigenvalue weighted by Gasteiger charge is 2.31. The SMILES string of the molecule is C[C@]1(C2C=CC=C(c3ccc(N(c4ccc(-c5cccc(-c6ccccc6)c5)cc4)c4ccc(-c5ccc6oc7ccccc7c6c5)cc4)cc3)C2)C=CC=CC1. The Bertz CT molecular complexity index is 2840. The highest BCUT2D eigenvalue weighted by atomic mass is 16.3. The van der Waals surface area contributed by atoms with E-state index in [2.05, 4.69) is 212 Å². The summed E-state index contributed by atoms with van der Waals surface area (Å²) < 4.78 is 6.12. The van der Waals surface area contributed by atoms with E-state index in [9.17, 15) is 0 Å². The van der Waals surface area contributed by atoms with Crippen molar-refractivity contribution in [1.82, 2.24) is 0 Å². The lowest BCUT2D eigenvalue weighted by atomic mass is 9.68. The average molecular weight is 734 g/mol. The first kappa shape index (κ1) is 34.6. The Kier molecular flexibility index (Phi) is 8.88. The van der Waals surface area contributed by atoms with Gasteiger partial charge in [-0.1, -0.05) is 159 Å². The third-order valence-corrected chi connectivity index (χ3v) is 12.0. The van der Waals surface area contributed by atoms with Gasteiger partial charge in [0.15, 0.2) is 0 Å². The highest BCUT2D eigenvalue weighted by Crippen LogP contribution is 2.44. The Morgan fingerprint density at radius 2 is 1.05 bits per heavy atom. The summed E-state index contributed by atoms with van der Waals surface area (Å²) in [5, 5.41) is 2.28. The van der Waals surface area contributed by atoms with E-state index < -0.39 is 0 Å². The molecule has 2 nitrogen and oxygen atoms in total. The van der Waals surface area contributed by atoms with E-state index in [4.69, 9.17) is 4.42 Å². The van der Waals surface area contributed by atoms with E-state index in [0.717, 1.165) is 51.8 Å². The molecule has 2 aliphatic rings. The average Bonchev–Trinajstić information content (AvgIpc) is 3.66. The molecular weight excluding hydrogens is 691 g/mol. The number of hydrogen-bond acceptors (Lipinski definition) is 2. The largest absolute Gasteiger partial charge is 0.456 e. The minimum atomic E-state index is 0.140. The predicted octanol–water partition coefficient (Wildman–Crippen LogP) is 15.5. The third-order valence-electron chi connectivity index (χ3n) is 12.0. The normalized spacial score (nSPS) is 17.6. The topological polar surface area (TPSA) is 16.4 Å². The van der Waals surface area contributed by atoms with Gasteiger partial charge in [-0.15, -0.1) is 0 Å². The summed E-state index contributed by atoms with van der Waals surface area (Å²) >= 11 is 0. The van der Waals surface area contributed by atoms with Gasteiger partial charge in [0.1, 0.15) is 11.2 Å². The number of allylic oxidation sites excluding steroid dienone is 8. The van der Waals surface area contributed by atoms with Crippen LogP contribution in [0.5, 0.6) is 0 Å². The summed E-state index contributed by atoms with van der Waals surface area (Å²) in [7, 11) is 0. The Morgan fingerprint density at radius 1 is 0.491 bits per heavy atom. The first-order valence-corrected chi connectivity index (χ1v) is 20.0. The van der Waals surface area contributed by atoms with Crippen molar-refractivity contribution < 1.29 is 4.42 Å². The molecule has 2 atom stereocenters. The van der Waals surface area contributed by atoms with Crippen molar-refractivity contribution >= 4 is 44.6 Å². The molecule has 8 aromatic rings. The van der Waals surface area contributed by atoms with Crippen LogP contribution in [0.15, 0.2) is 217 Å². The second-order valence-corrected chi connectivity index (χ2v) is 15.6. The second kappa shape index (κ2) is 14.6. The first-order chi connectivity index (χ1) is 28.1. The van der Waals surface area contributed by atoms with Crippen LogP contribution < -0.4 is 4.90 Å². The quantitative estimate of drug-likeness (QED) is 0.155. The maximum atomic E-state index is 6.12. The number of anilines is 3. The van der Waals surface area contributed by atoms with Crippen LogP contribution in [0.2, 0.25) is 0 Å². The molecule has 2 heteroatoms. The molecule has 0 spiro atoms. The van der Waals surface area contributed by atoms with Gasteiger partial charge in [-0.2, -0.15) is 0 Å². The highest BCUT2D eigenvalue weighted by molar-refractivity contribution is 6.06. The van der Waals surface area contributed by atoms with Crippen LogP contribution in [0.1, 0.15) is 25.3 Å². The summed E-state index contributed by atoms with van der Waals surface area (Å²) in [4.78, 5) is 2.36. The minimum Gasteiger partial charge on any atom is -0.456 e. The van der Waals surface area contributed by atoms with Crippen LogP contribution in [0.25, 0.3) is 60.9 Å². The first-order valence-electron chi connectivity index (χ1n) is 20.0. The molecule has 10 rings (SSSR count). The van der Waals surface area contributed by atoms with Gasteiger partial charge in [-0.05, 0) is 129 Å². The molecule has 0 fully saturated rings. The zero-order valence-electron chi connectivity index (χ0n) is 32.1. The maximum absolute atomic E-state index is 6.12. The molecule has 1 aromatic heterocycles. The Hall–Kier alpha value is -6.90. The van der Waals surface area contributed by atoms with Crippen molar-refractivity contribution in [3.8, 4) is 33.4 Å². The summed E-state index contributed by atoms with van der Waals surface area (Å²) in [6.45, 7) is 2.39. The molecule has 1 heterocycles. The Balaban J connectivity index is 0.982. The number of benzene rings is 7. The number of hydrogen-bond donors (Lipinski definition) is 0. The summed E-state index contributed by atoms with van der Waals surface area (Å²) in [6.07, 6.45) is 18.1. The van der Waals surface area contributed by atoms with Crippen molar-refractivity contribution in [2.75, 3.05) is 4.90 Å². The lowest BCUT2D eigenvalue weighted by Gasteiger charge is -2.36. The number of fused-ring (bicyclic) bond motifs is 3. The summed E-state index contributed by atoms with van der Waals surface area (Å²) in [6, 6.07) is 61.2. The molecule has 0 radical (unpaired) electrons. The number of furan rings is 1. The van der Waals surface area contributed by atoms with Crippen LogP contribution in [-0.4, -0.2) is 0 Å². The van der Waals surface area contributed by atoms with Crippen LogP contribution in [0.4, 0.5) is 17.1 Å². The standard InChI is InChI=1S/C55H43NO/c1-55(34-8-3-9-35-55)47-17-11-16-45(37-47)41-22-29-49(30-23-41)56(48-27-20-40(21-28-48)44-15-10-14-43(36-44)39-12-4-2-5-13-39)50-31-24-42(25-32-50)46-26-33-54-52(38-46)51-18-6-7-19-53(51)57-54/h2-34,36,38,47H,35,37H2,1H3/t47?,55-/m0/s1. The van der Waals surface area contributed by atoms with Crippen molar-refractivity contribution in [3.05, 3.63) is 218 Å². The lowest BCUT2D eigenvalue weighted by Crippen LogP contribution is -2.25. The van der Waals surface area contributed by atoms with E-state index in [1.165, 1.54) is 44.5 Å². The van der Waals surface area contributed by atoms with Gasteiger partial charge in [-0.25, -0.2) is 0 Å². The summed E-state index contributed by atoms with van der Waals surface area (Å²) in [5.41, 5.74) is 15.1. The van der Waals surface area contributed by atoms with Crippen LogP contribution in [-0.2, 0) is 0 Å². The van der Waals surface area contributed by atoms with Crippen molar-refractivity contribution in [2.24, 2.45) is 11.3 Å². The molecule has 0 bridgehead atoms. The van der Waals surface area contributed by atoms with E-state index in [1.54, 1.807) is 0 Å². The fourth-order valence-corrected chi connectivity index (χ4v) is 8.66. The number of rotatable bonds is 8. The molecule has 0 saturated heterocycles. The van der Waals surface area contributed by atoms with Gasteiger partial charge in [0.05, 0.1) is 0 Å². The lowest BCUT2D eigenvalue weighted by molar-refractivity contribution is 0.312. The fourth-order valence-electron chi connectivity index (χ4n) is 8.66. The molecule has 2 aliphatic carbocycles. The monoisotopic (exact) mass is 733 g/mol. The van der Waals surface area contributed by atoms with Gasteiger partial charge in [0.2, 0.25) is 0 Å². The van der Waals surface area contributed by atoms with Crippen molar-refractivity contribution in [2.45, 2.75) is 19.8 Å². The molecule has 7 aromatic carbocycles. The van der Waals surface area contributed by atoms with Crippen LogP contribution in [0, 0.1) is 11.3 Å². The fraction of sp³-hybridized carbons (Fsp3) is 0.0909. The molecule has 274 valence electrons. The van der Waals surface area contributed by atoms with Crippen LogP contribution in [0.3, 0.4) is 0 Å². The molecule has 0 saturated carbocycles. The van der Waals surface area contributed by atoms with E-state index in [0.29, 0.717) is 5.92 Å². The molecule has 0 amide bonds. The zero-order valence-corrected chi connectivity index (χ0v) is 32.1. The van der Waals surface area contributed by atoms with E-state index in [1.807, 2.05) is 12.1 Å². The molecule has 1 unspecified atom stereocenters. The third kappa shape index (κ3) is 6.74. The van der Waals surface area contributed by atoms with Crippen molar-refractivity contribution in [3.63, 3.8) is 0 Å². The van der Waals surface area contributed by atoms with Gasteiger partial charge in [0.25, 0.3) is 0 Å². The zero-order chi connectivity index (χ0) is 38.2. The van der Waals surface area contributed by atoms with Crippen molar-refractivity contribution in [1.29, 1.82) is 0 Å². The Morgan fingerprint density at radius 3 is 1.72 bits per heavy atom.